The summed E-state index contributed by atoms with van der Waals surface area (Å²) in [7, 11) is 0. The maximum absolute atomic E-state index is 12.0. The van der Waals surface area contributed by atoms with Crippen molar-refractivity contribution in [1.29, 1.82) is 0 Å². The highest BCUT2D eigenvalue weighted by molar-refractivity contribution is 8.04. The number of hydrogen-bond acceptors (Lipinski definition) is 4. The number of hydrogen-bond donors (Lipinski definition) is 1. The third-order valence-corrected chi connectivity index (χ3v) is 3.68. The molecule has 1 N–H and O–H groups in total. The molecule has 0 aromatic rings. The molecule has 0 atom stereocenters. The molecule has 112 valence electrons. The lowest BCUT2D eigenvalue weighted by molar-refractivity contribution is -0.131. The molecule has 20 heavy (non-hydrogen) atoms. The van der Waals surface area contributed by atoms with Gasteiger partial charge in [0.1, 0.15) is 6.54 Å². The zero-order valence-corrected chi connectivity index (χ0v) is 13.5. The molecule has 1 heterocycles. The number of thioether (sulfide) groups is 1. The van der Waals surface area contributed by atoms with Crippen LogP contribution in [0, 0.1) is 5.41 Å². The second-order valence-electron chi connectivity index (χ2n) is 6.09. The summed E-state index contributed by atoms with van der Waals surface area (Å²) < 4.78 is 0. The third-order valence-electron chi connectivity index (χ3n) is 2.66. The van der Waals surface area contributed by atoms with Crippen molar-refractivity contribution < 1.29 is 14.4 Å². The Morgan fingerprint density at radius 3 is 2.50 bits per heavy atom. The van der Waals surface area contributed by atoms with Gasteiger partial charge in [0.25, 0.3) is 0 Å². The summed E-state index contributed by atoms with van der Waals surface area (Å²) in [6.07, 6.45) is 1.47. The minimum absolute atomic E-state index is 0.0245. The van der Waals surface area contributed by atoms with Crippen LogP contribution in [-0.2, 0) is 14.4 Å². The Morgan fingerprint density at radius 1 is 1.40 bits per heavy atom. The lowest BCUT2D eigenvalue weighted by Crippen LogP contribution is -2.40. The number of ketones is 1. The molecular formula is C14H22N2O3S. The van der Waals surface area contributed by atoms with Gasteiger partial charge in [0, 0.05) is 17.5 Å². The van der Waals surface area contributed by atoms with E-state index < -0.39 is 5.41 Å². The van der Waals surface area contributed by atoms with Crippen LogP contribution in [0.3, 0.4) is 0 Å². The van der Waals surface area contributed by atoms with Crippen LogP contribution in [0.4, 0.5) is 0 Å². The highest BCUT2D eigenvalue weighted by Gasteiger charge is 2.30. The number of nitrogens with zero attached hydrogens (tertiary/aromatic N) is 1. The Balaban J connectivity index is 2.82. The molecule has 2 amide bonds. The highest BCUT2D eigenvalue weighted by Crippen LogP contribution is 2.30. The molecule has 0 aromatic carbocycles. The summed E-state index contributed by atoms with van der Waals surface area (Å²) in [4.78, 5) is 37.0. The van der Waals surface area contributed by atoms with Gasteiger partial charge in [-0.3, -0.25) is 19.3 Å². The van der Waals surface area contributed by atoms with Gasteiger partial charge in [-0.2, -0.15) is 0 Å². The van der Waals surface area contributed by atoms with E-state index >= 15 is 0 Å². The predicted molar refractivity (Wildman–Crippen MR) is 80.0 cm³/mol. The number of rotatable bonds is 4. The maximum atomic E-state index is 12.0. The molecule has 1 rings (SSSR count). The lowest BCUT2D eigenvalue weighted by Gasteiger charge is -2.19. The predicted octanol–water partition coefficient (Wildman–Crippen LogP) is 1.54. The molecule has 6 heteroatoms. The number of amides is 2. The Labute approximate surface area is 124 Å². The minimum Gasteiger partial charge on any atom is -0.352 e. The zero-order chi connectivity index (χ0) is 15.5. The normalized spacial score (nSPS) is 18.0. The van der Waals surface area contributed by atoms with Crippen molar-refractivity contribution in [2.24, 2.45) is 5.41 Å². The fourth-order valence-electron chi connectivity index (χ4n) is 1.54. The van der Waals surface area contributed by atoms with Gasteiger partial charge < -0.3 is 5.32 Å². The smallest absolute Gasteiger partial charge is 0.240 e. The van der Waals surface area contributed by atoms with Gasteiger partial charge in [0.2, 0.25) is 11.8 Å². The van der Waals surface area contributed by atoms with Crippen LogP contribution in [0.25, 0.3) is 0 Å². The monoisotopic (exact) mass is 298 g/mol. The molecule has 0 aliphatic carbocycles. The van der Waals surface area contributed by atoms with Crippen molar-refractivity contribution in [2.45, 2.75) is 40.7 Å². The number of nitrogens with one attached hydrogen (secondary N) is 1. The molecule has 0 saturated carbocycles. The Morgan fingerprint density at radius 2 is 2.00 bits per heavy atom. The Hall–Kier alpha value is -1.30. The third kappa shape index (κ3) is 4.67. The Bertz CT molecular complexity index is 450. The molecule has 0 bridgehead atoms. The van der Waals surface area contributed by atoms with Gasteiger partial charge in [-0.1, -0.05) is 32.5 Å². The van der Waals surface area contributed by atoms with E-state index in [9.17, 15) is 14.4 Å². The summed E-state index contributed by atoms with van der Waals surface area (Å²) >= 11 is 1.30. The SMILES string of the molecule is CC(C)NC(=O)CN1C(=O)CSC1=CC(=O)C(C)(C)C. The first kappa shape index (κ1) is 16.8. The molecule has 1 aliphatic rings. The fraction of sp³-hybridized carbons (Fsp3) is 0.643. The van der Waals surface area contributed by atoms with E-state index in [2.05, 4.69) is 5.32 Å². The van der Waals surface area contributed by atoms with Gasteiger partial charge in [0.05, 0.1) is 10.8 Å². The van der Waals surface area contributed by atoms with Crippen LogP contribution in [0.5, 0.6) is 0 Å². The summed E-state index contributed by atoms with van der Waals surface area (Å²) in [5.74, 6) is -0.131. The number of allylic oxidation sites excluding steroid dienone is 1. The number of carbonyl (C=O) groups excluding carboxylic acids is 3. The summed E-state index contributed by atoms with van der Waals surface area (Å²) in [5.41, 5.74) is -0.495. The molecule has 1 aliphatic heterocycles. The van der Waals surface area contributed by atoms with Gasteiger partial charge in [-0.15, -0.1) is 0 Å². The molecule has 5 nitrogen and oxygen atoms in total. The second-order valence-corrected chi connectivity index (χ2v) is 7.08. The van der Waals surface area contributed by atoms with E-state index in [4.69, 9.17) is 0 Å². The van der Waals surface area contributed by atoms with Crippen LogP contribution < -0.4 is 5.32 Å². The van der Waals surface area contributed by atoms with Crippen molar-refractivity contribution in [3.8, 4) is 0 Å². The van der Waals surface area contributed by atoms with Gasteiger partial charge >= 0.3 is 0 Å². The van der Waals surface area contributed by atoms with Crippen molar-refractivity contribution in [2.75, 3.05) is 12.3 Å². The Kier molecular flexibility index (Phi) is 5.39. The summed E-state index contributed by atoms with van der Waals surface area (Å²) in [5, 5.41) is 3.30. The minimum atomic E-state index is -0.495. The molecule has 0 radical (unpaired) electrons. The molecule has 0 aromatic heterocycles. The van der Waals surface area contributed by atoms with E-state index in [-0.39, 0.29) is 35.9 Å². The van der Waals surface area contributed by atoms with Crippen molar-refractivity contribution in [1.82, 2.24) is 10.2 Å². The van der Waals surface area contributed by atoms with Crippen LogP contribution in [0.1, 0.15) is 34.6 Å². The van der Waals surface area contributed by atoms with Crippen molar-refractivity contribution in [3.05, 3.63) is 11.1 Å². The first-order chi connectivity index (χ1) is 9.11. The van der Waals surface area contributed by atoms with E-state index in [0.29, 0.717) is 5.03 Å². The van der Waals surface area contributed by atoms with Crippen LogP contribution in [-0.4, -0.2) is 40.8 Å². The molecular weight excluding hydrogens is 276 g/mol. The second kappa shape index (κ2) is 6.43. The molecule has 0 unspecified atom stereocenters. The van der Waals surface area contributed by atoms with Crippen molar-refractivity contribution >= 4 is 29.4 Å². The topological polar surface area (TPSA) is 66.5 Å². The quantitative estimate of drug-likeness (QED) is 0.800. The maximum Gasteiger partial charge on any atom is 0.240 e. The van der Waals surface area contributed by atoms with E-state index in [1.807, 2.05) is 34.6 Å². The zero-order valence-electron chi connectivity index (χ0n) is 12.6. The van der Waals surface area contributed by atoms with Crippen LogP contribution in [0.2, 0.25) is 0 Å². The van der Waals surface area contributed by atoms with Gasteiger partial charge in [-0.05, 0) is 13.8 Å². The van der Waals surface area contributed by atoms with E-state index in [1.165, 1.54) is 22.7 Å². The van der Waals surface area contributed by atoms with E-state index in [1.54, 1.807) is 0 Å². The van der Waals surface area contributed by atoms with Crippen LogP contribution >= 0.6 is 11.8 Å². The van der Waals surface area contributed by atoms with Crippen molar-refractivity contribution in [3.63, 3.8) is 0 Å². The number of carbonyl (C=O) groups is 3. The summed E-state index contributed by atoms with van der Waals surface area (Å²) in [6.45, 7) is 9.15. The summed E-state index contributed by atoms with van der Waals surface area (Å²) in [6, 6.07) is 0.0245. The average Bonchev–Trinajstić information content (AvgIpc) is 2.59. The fourth-order valence-corrected chi connectivity index (χ4v) is 2.48. The lowest BCUT2D eigenvalue weighted by atomic mass is 9.91. The highest BCUT2D eigenvalue weighted by atomic mass is 32.2. The standard InChI is InChI=1S/C14H22N2O3S/c1-9(2)15-11(18)7-16-12(19)8-20-13(16)6-10(17)14(3,4)5/h6,9H,7-8H2,1-5H3,(H,15,18). The molecule has 0 spiro atoms. The van der Waals surface area contributed by atoms with E-state index in [0.717, 1.165) is 0 Å². The van der Waals surface area contributed by atoms with Gasteiger partial charge in [-0.25, -0.2) is 0 Å². The first-order valence-electron chi connectivity index (χ1n) is 6.60. The molecule has 1 fully saturated rings. The largest absolute Gasteiger partial charge is 0.352 e. The first-order valence-corrected chi connectivity index (χ1v) is 7.58. The van der Waals surface area contributed by atoms with Crippen LogP contribution in [0.15, 0.2) is 11.1 Å². The molecule has 1 saturated heterocycles. The van der Waals surface area contributed by atoms with Gasteiger partial charge in [0.15, 0.2) is 5.78 Å². The average molecular weight is 298 g/mol.